The average Bonchev–Trinajstić information content (AvgIpc) is 3.11. The number of imidazole rings is 1. The first-order valence-corrected chi connectivity index (χ1v) is 9.28. The number of carbonyl (C=O) groups excluding carboxylic acids is 1. The van der Waals surface area contributed by atoms with Crippen molar-refractivity contribution in [2.24, 2.45) is 0 Å². The zero-order valence-electron chi connectivity index (χ0n) is 15.1. The minimum atomic E-state index is -0.268. The molecule has 0 radical (unpaired) electrons. The molecule has 2 heterocycles. The zero-order chi connectivity index (χ0) is 18.6. The summed E-state index contributed by atoms with van der Waals surface area (Å²) < 4.78 is 7.56. The molecule has 4 rings (SSSR count). The number of likely N-dealkylation sites (tertiary alicyclic amines) is 1. The molecule has 0 atom stereocenters. The molecule has 0 aliphatic carbocycles. The van der Waals surface area contributed by atoms with Crippen LogP contribution in [0.1, 0.15) is 30.3 Å². The monoisotopic (exact) mass is 365 g/mol. The smallest absolute Gasteiger partial charge is 0.410 e. The average molecular weight is 365 g/mol. The Morgan fingerprint density at radius 2 is 1.78 bits per heavy atom. The van der Waals surface area contributed by atoms with Gasteiger partial charge in [0.15, 0.2) is 0 Å². The Kier molecular flexibility index (Phi) is 5.07. The lowest BCUT2D eigenvalue weighted by atomic mass is 10.0. The first-order chi connectivity index (χ1) is 13.3. The fourth-order valence-electron chi connectivity index (χ4n) is 3.73. The molecular formula is C21H23N3O3. The van der Waals surface area contributed by atoms with E-state index >= 15 is 0 Å². The van der Waals surface area contributed by atoms with Crippen molar-refractivity contribution in [1.29, 1.82) is 0 Å². The van der Waals surface area contributed by atoms with Gasteiger partial charge in [0, 0.05) is 19.1 Å². The van der Waals surface area contributed by atoms with Gasteiger partial charge in [-0.1, -0.05) is 42.5 Å². The van der Waals surface area contributed by atoms with Gasteiger partial charge in [0.1, 0.15) is 19.0 Å². The quantitative estimate of drug-likeness (QED) is 0.768. The second-order valence-corrected chi connectivity index (χ2v) is 6.80. The largest absolute Gasteiger partial charge is 0.445 e. The Balaban J connectivity index is 1.40. The number of carbonyl (C=O) groups is 1. The van der Waals surface area contributed by atoms with Gasteiger partial charge < -0.3 is 19.3 Å². The van der Waals surface area contributed by atoms with Gasteiger partial charge in [-0.2, -0.15) is 0 Å². The van der Waals surface area contributed by atoms with Crippen LogP contribution >= 0.6 is 0 Å². The van der Waals surface area contributed by atoms with Gasteiger partial charge in [0.05, 0.1) is 11.0 Å². The van der Waals surface area contributed by atoms with Gasteiger partial charge in [0.2, 0.25) is 0 Å². The van der Waals surface area contributed by atoms with E-state index in [0.29, 0.717) is 25.5 Å². The van der Waals surface area contributed by atoms with E-state index in [2.05, 4.69) is 9.55 Å². The van der Waals surface area contributed by atoms with Gasteiger partial charge >= 0.3 is 6.09 Å². The number of aliphatic hydroxyl groups is 1. The summed E-state index contributed by atoms with van der Waals surface area (Å²) in [4.78, 5) is 18.6. The molecule has 3 aromatic rings. The van der Waals surface area contributed by atoms with E-state index in [4.69, 9.17) is 4.74 Å². The van der Waals surface area contributed by atoms with Crippen LogP contribution in [0.2, 0.25) is 0 Å². The molecule has 0 unspecified atom stereocenters. The molecule has 0 bridgehead atoms. The highest BCUT2D eigenvalue weighted by Gasteiger charge is 2.27. The molecule has 2 aromatic carbocycles. The van der Waals surface area contributed by atoms with Crippen LogP contribution in [0.3, 0.4) is 0 Å². The summed E-state index contributed by atoms with van der Waals surface area (Å²) in [5, 5.41) is 9.70. The molecule has 1 amide bonds. The highest BCUT2D eigenvalue weighted by molar-refractivity contribution is 5.76. The Morgan fingerprint density at radius 1 is 1.07 bits per heavy atom. The lowest BCUT2D eigenvalue weighted by molar-refractivity contribution is 0.0828. The third-order valence-electron chi connectivity index (χ3n) is 5.10. The molecular weight excluding hydrogens is 342 g/mol. The molecule has 1 saturated heterocycles. The van der Waals surface area contributed by atoms with E-state index in [0.717, 1.165) is 29.4 Å². The minimum absolute atomic E-state index is 0.0893. The number of benzene rings is 2. The van der Waals surface area contributed by atoms with Crippen LogP contribution in [0.4, 0.5) is 4.79 Å². The van der Waals surface area contributed by atoms with Crippen LogP contribution < -0.4 is 0 Å². The molecule has 1 aliphatic heterocycles. The van der Waals surface area contributed by atoms with E-state index in [1.165, 1.54) is 0 Å². The Labute approximate surface area is 158 Å². The van der Waals surface area contributed by atoms with Crippen LogP contribution in [-0.2, 0) is 18.0 Å². The summed E-state index contributed by atoms with van der Waals surface area (Å²) in [6, 6.07) is 17.8. The number of rotatable bonds is 4. The van der Waals surface area contributed by atoms with E-state index < -0.39 is 0 Å². The SMILES string of the molecule is O=C(OCc1ccccc1)N1CCC(n2c(CO)nc3ccccc32)CC1. The van der Waals surface area contributed by atoms with Crippen LogP contribution in [0, 0.1) is 0 Å². The van der Waals surface area contributed by atoms with E-state index in [1.54, 1.807) is 4.90 Å². The summed E-state index contributed by atoms with van der Waals surface area (Å²) >= 11 is 0. The van der Waals surface area contributed by atoms with Gasteiger partial charge in [-0.25, -0.2) is 9.78 Å². The molecule has 1 N–H and O–H groups in total. The van der Waals surface area contributed by atoms with Crippen molar-refractivity contribution < 1.29 is 14.6 Å². The first-order valence-electron chi connectivity index (χ1n) is 9.28. The molecule has 140 valence electrons. The summed E-state index contributed by atoms with van der Waals surface area (Å²) in [7, 11) is 0. The first kappa shape index (κ1) is 17.5. The molecule has 0 spiro atoms. The van der Waals surface area contributed by atoms with Crippen molar-refractivity contribution in [3.8, 4) is 0 Å². The van der Waals surface area contributed by atoms with Crippen molar-refractivity contribution in [2.75, 3.05) is 13.1 Å². The molecule has 6 nitrogen and oxygen atoms in total. The van der Waals surface area contributed by atoms with Crippen LogP contribution in [0.15, 0.2) is 54.6 Å². The van der Waals surface area contributed by atoms with Crippen LogP contribution in [-0.4, -0.2) is 38.7 Å². The molecule has 6 heteroatoms. The Hall–Kier alpha value is -2.86. The number of ether oxygens (including phenoxy) is 1. The number of fused-ring (bicyclic) bond motifs is 1. The molecule has 1 aromatic heterocycles. The topological polar surface area (TPSA) is 67.6 Å². The Bertz CT molecular complexity index is 915. The summed E-state index contributed by atoms with van der Waals surface area (Å²) in [5.74, 6) is 0.682. The predicted octanol–water partition coefficient (Wildman–Crippen LogP) is 3.50. The summed E-state index contributed by atoms with van der Waals surface area (Å²) in [6.07, 6.45) is 1.36. The standard InChI is InChI=1S/C21H23N3O3/c25-14-20-22-18-8-4-5-9-19(18)24(20)17-10-12-23(13-11-17)21(26)27-15-16-6-2-1-3-7-16/h1-9,17,25H,10-15H2. The molecule has 27 heavy (non-hydrogen) atoms. The van der Waals surface area contributed by atoms with Gasteiger partial charge in [-0.15, -0.1) is 0 Å². The number of aliphatic hydroxyl groups excluding tert-OH is 1. The van der Waals surface area contributed by atoms with Crippen molar-refractivity contribution in [3.05, 3.63) is 66.0 Å². The maximum Gasteiger partial charge on any atom is 0.410 e. The molecule has 1 aliphatic rings. The summed E-state index contributed by atoms with van der Waals surface area (Å²) in [5.41, 5.74) is 2.91. The minimum Gasteiger partial charge on any atom is -0.445 e. The van der Waals surface area contributed by atoms with Crippen molar-refractivity contribution in [3.63, 3.8) is 0 Å². The predicted molar refractivity (Wildman–Crippen MR) is 102 cm³/mol. The number of hydrogen-bond acceptors (Lipinski definition) is 4. The van der Waals surface area contributed by atoms with E-state index in [-0.39, 0.29) is 18.7 Å². The number of amides is 1. The molecule has 0 saturated carbocycles. The van der Waals surface area contributed by atoms with Crippen molar-refractivity contribution in [2.45, 2.75) is 32.1 Å². The normalized spacial score (nSPS) is 15.2. The lowest BCUT2D eigenvalue weighted by Crippen LogP contribution is -2.39. The number of aromatic nitrogens is 2. The second kappa shape index (κ2) is 7.80. The van der Waals surface area contributed by atoms with Crippen LogP contribution in [0.25, 0.3) is 11.0 Å². The van der Waals surface area contributed by atoms with Gasteiger partial charge in [-0.05, 0) is 30.5 Å². The number of nitrogens with zero attached hydrogens (tertiary/aromatic N) is 3. The number of para-hydroxylation sites is 2. The van der Waals surface area contributed by atoms with E-state index in [1.807, 2.05) is 54.6 Å². The lowest BCUT2D eigenvalue weighted by Gasteiger charge is -2.33. The second-order valence-electron chi connectivity index (χ2n) is 6.80. The fourth-order valence-corrected chi connectivity index (χ4v) is 3.73. The third kappa shape index (κ3) is 3.66. The van der Waals surface area contributed by atoms with Crippen molar-refractivity contribution >= 4 is 17.1 Å². The fraction of sp³-hybridized carbons (Fsp3) is 0.333. The third-order valence-corrected chi connectivity index (χ3v) is 5.10. The van der Waals surface area contributed by atoms with Crippen LogP contribution in [0.5, 0.6) is 0 Å². The summed E-state index contributed by atoms with van der Waals surface area (Å²) in [6.45, 7) is 1.47. The Morgan fingerprint density at radius 3 is 2.52 bits per heavy atom. The molecule has 1 fully saturated rings. The highest BCUT2D eigenvalue weighted by Crippen LogP contribution is 2.29. The van der Waals surface area contributed by atoms with Crippen molar-refractivity contribution in [1.82, 2.24) is 14.5 Å². The van der Waals surface area contributed by atoms with Gasteiger partial charge in [0.25, 0.3) is 0 Å². The maximum atomic E-state index is 12.3. The maximum absolute atomic E-state index is 12.3. The van der Waals surface area contributed by atoms with E-state index in [9.17, 15) is 9.90 Å². The zero-order valence-corrected chi connectivity index (χ0v) is 15.1. The van der Waals surface area contributed by atoms with Gasteiger partial charge in [-0.3, -0.25) is 0 Å². The highest BCUT2D eigenvalue weighted by atomic mass is 16.6. The number of piperidine rings is 1. The number of hydrogen-bond donors (Lipinski definition) is 1.